The molecule has 2 aromatic rings. The second-order valence-corrected chi connectivity index (χ2v) is 5.90. The number of amides is 2. The molecule has 0 bridgehead atoms. The van der Waals surface area contributed by atoms with E-state index in [1.54, 1.807) is 24.3 Å². The summed E-state index contributed by atoms with van der Waals surface area (Å²) >= 11 is 6.11. The summed E-state index contributed by atoms with van der Waals surface area (Å²) in [7, 11) is 2.98. The van der Waals surface area contributed by atoms with Crippen LogP contribution in [0.5, 0.6) is 11.5 Å². The van der Waals surface area contributed by atoms with Crippen LogP contribution in [0.2, 0.25) is 5.02 Å². The number of ether oxygens (including phenoxy) is 2. The number of halogens is 1. The number of para-hydroxylation sites is 1. The van der Waals surface area contributed by atoms with Gasteiger partial charge in [-0.15, -0.1) is 0 Å². The van der Waals surface area contributed by atoms with Crippen molar-refractivity contribution in [2.24, 2.45) is 0 Å². The Balaban J connectivity index is 2.16. The van der Waals surface area contributed by atoms with Crippen molar-refractivity contribution in [1.82, 2.24) is 0 Å². The van der Waals surface area contributed by atoms with E-state index in [2.05, 4.69) is 5.32 Å². The lowest BCUT2D eigenvalue weighted by atomic mass is 10.2. The number of methoxy groups -OCH3 is 2. The first-order valence-electron chi connectivity index (χ1n) is 8.00. The number of carbonyl (C=O) groups is 2. The maximum atomic E-state index is 12.2. The van der Waals surface area contributed by atoms with Gasteiger partial charge in [0.15, 0.2) is 0 Å². The Kier molecular flexibility index (Phi) is 6.86. The second kappa shape index (κ2) is 9.10. The van der Waals surface area contributed by atoms with Gasteiger partial charge in [0.2, 0.25) is 11.8 Å². The first-order valence-corrected chi connectivity index (χ1v) is 8.38. The Morgan fingerprint density at radius 2 is 1.73 bits per heavy atom. The van der Waals surface area contributed by atoms with Crippen LogP contribution in [0.25, 0.3) is 0 Å². The van der Waals surface area contributed by atoms with Crippen LogP contribution in [-0.2, 0) is 9.59 Å². The summed E-state index contributed by atoms with van der Waals surface area (Å²) < 4.78 is 10.5. The van der Waals surface area contributed by atoms with Crippen molar-refractivity contribution in [3.8, 4) is 11.5 Å². The standard InChI is InChI=1S/C19H21ClN2O4/c1-13(23)22(10-9-19(24)21-14-7-5-4-6-8-14)16-12-17(25-2)15(20)11-18(16)26-3/h4-8,11-12H,9-10H2,1-3H3,(H,21,24). The normalized spacial score (nSPS) is 10.2. The molecule has 26 heavy (non-hydrogen) atoms. The van der Waals surface area contributed by atoms with Crippen LogP contribution in [0.1, 0.15) is 13.3 Å². The van der Waals surface area contributed by atoms with E-state index >= 15 is 0 Å². The summed E-state index contributed by atoms with van der Waals surface area (Å²) in [6.45, 7) is 1.62. The molecule has 0 aliphatic rings. The van der Waals surface area contributed by atoms with E-state index in [0.717, 1.165) is 0 Å². The number of rotatable bonds is 7. The van der Waals surface area contributed by atoms with Crippen LogP contribution in [0.15, 0.2) is 42.5 Å². The molecule has 1 N–H and O–H groups in total. The minimum atomic E-state index is -0.222. The Morgan fingerprint density at radius 1 is 1.08 bits per heavy atom. The molecule has 0 saturated heterocycles. The van der Waals surface area contributed by atoms with E-state index in [-0.39, 0.29) is 24.8 Å². The van der Waals surface area contributed by atoms with E-state index in [4.69, 9.17) is 21.1 Å². The molecule has 0 heterocycles. The molecule has 0 spiro atoms. The van der Waals surface area contributed by atoms with Crippen molar-refractivity contribution in [2.45, 2.75) is 13.3 Å². The first-order chi connectivity index (χ1) is 12.5. The Morgan fingerprint density at radius 3 is 2.31 bits per heavy atom. The summed E-state index contributed by atoms with van der Waals surface area (Å²) in [6, 6.07) is 12.3. The first kappa shape index (κ1) is 19.6. The summed E-state index contributed by atoms with van der Waals surface area (Å²) in [4.78, 5) is 25.8. The van der Waals surface area contributed by atoms with E-state index < -0.39 is 0 Å². The van der Waals surface area contributed by atoms with Gasteiger partial charge in [0.05, 0.1) is 24.9 Å². The van der Waals surface area contributed by atoms with Crippen LogP contribution in [0.3, 0.4) is 0 Å². The minimum absolute atomic E-state index is 0.128. The van der Waals surface area contributed by atoms with Gasteiger partial charge in [-0.25, -0.2) is 0 Å². The van der Waals surface area contributed by atoms with E-state index in [1.807, 2.05) is 18.2 Å². The maximum absolute atomic E-state index is 12.2. The van der Waals surface area contributed by atoms with Gasteiger partial charge in [-0.2, -0.15) is 0 Å². The Hall–Kier alpha value is -2.73. The fourth-order valence-electron chi connectivity index (χ4n) is 2.46. The summed E-state index contributed by atoms with van der Waals surface area (Å²) in [5, 5.41) is 3.17. The highest BCUT2D eigenvalue weighted by Gasteiger charge is 2.20. The van der Waals surface area contributed by atoms with Crippen molar-refractivity contribution in [3.63, 3.8) is 0 Å². The molecule has 0 atom stereocenters. The van der Waals surface area contributed by atoms with Crippen LogP contribution in [0.4, 0.5) is 11.4 Å². The molecular formula is C19H21ClN2O4. The van der Waals surface area contributed by atoms with Gasteiger partial charge >= 0.3 is 0 Å². The number of anilines is 2. The van der Waals surface area contributed by atoms with Crippen LogP contribution < -0.4 is 19.7 Å². The van der Waals surface area contributed by atoms with E-state index in [9.17, 15) is 9.59 Å². The topological polar surface area (TPSA) is 67.9 Å². The van der Waals surface area contributed by atoms with Gasteiger partial charge in [-0.1, -0.05) is 29.8 Å². The molecule has 6 nitrogen and oxygen atoms in total. The molecule has 0 saturated carbocycles. The average molecular weight is 377 g/mol. The molecule has 0 aliphatic heterocycles. The minimum Gasteiger partial charge on any atom is -0.495 e. The zero-order valence-electron chi connectivity index (χ0n) is 14.9. The Labute approximate surface area is 157 Å². The van der Waals surface area contributed by atoms with E-state index in [0.29, 0.717) is 27.9 Å². The highest BCUT2D eigenvalue weighted by atomic mass is 35.5. The number of hydrogen-bond acceptors (Lipinski definition) is 4. The lowest BCUT2D eigenvalue weighted by Gasteiger charge is -2.24. The summed E-state index contributed by atoms with van der Waals surface area (Å²) in [5.74, 6) is 0.430. The largest absolute Gasteiger partial charge is 0.495 e. The quantitative estimate of drug-likeness (QED) is 0.799. The molecule has 0 unspecified atom stereocenters. The monoisotopic (exact) mass is 376 g/mol. The smallest absolute Gasteiger partial charge is 0.226 e. The fourth-order valence-corrected chi connectivity index (χ4v) is 2.69. The molecular weight excluding hydrogens is 356 g/mol. The number of carbonyl (C=O) groups excluding carboxylic acids is 2. The molecule has 138 valence electrons. The van der Waals surface area contributed by atoms with Crippen LogP contribution in [-0.4, -0.2) is 32.6 Å². The van der Waals surface area contributed by atoms with E-state index in [1.165, 1.54) is 26.0 Å². The molecule has 0 radical (unpaired) electrons. The molecule has 7 heteroatoms. The molecule has 0 fully saturated rings. The van der Waals surface area contributed by atoms with Crippen molar-refractivity contribution in [3.05, 3.63) is 47.5 Å². The molecule has 2 amide bonds. The Bertz CT molecular complexity index is 781. The number of nitrogens with zero attached hydrogens (tertiary/aromatic N) is 1. The van der Waals surface area contributed by atoms with Gasteiger partial charge in [0.25, 0.3) is 0 Å². The lowest BCUT2D eigenvalue weighted by Crippen LogP contribution is -2.32. The summed E-state index contributed by atoms with van der Waals surface area (Å²) in [5.41, 5.74) is 1.20. The summed E-state index contributed by atoms with van der Waals surface area (Å²) in [6.07, 6.45) is 0.128. The van der Waals surface area contributed by atoms with Gasteiger partial charge in [-0.3, -0.25) is 9.59 Å². The van der Waals surface area contributed by atoms with Gasteiger partial charge in [0, 0.05) is 37.7 Å². The van der Waals surface area contributed by atoms with Crippen LogP contribution in [0, 0.1) is 0 Å². The van der Waals surface area contributed by atoms with Gasteiger partial charge < -0.3 is 19.7 Å². The average Bonchev–Trinajstić information content (AvgIpc) is 2.63. The molecule has 2 aromatic carbocycles. The molecule has 0 aliphatic carbocycles. The highest BCUT2D eigenvalue weighted by Crippen LogP contribution is 2.38. The van der Waals surface area contributed by atoms with Crippen LogP contribution >= 0.6 is 11.6 Å². The van der Waals surface area contributed by atoms with Gasteiger partial charge in [-0.05, 0) is 12.1 Å². The third-order valence-corrected chi connectivity index (χ3v) is 4.04. The zero-order valence-corrected chi connectivity index (χ0v) is 15.7. The SMILES string of the molecule is COc1cc(N(CCC(=O)Nc2ccccc2)C(C)=O)c(OC)cc1Cl. The number of benzene rings is 2. The zero-order chi connectivity index (χ0) is 19.1. The second-order valence-electron chi connectivity index (χ2n) is 5.49. The van der Waals surface area contributed by atoms with Crippen molar-refractivity contribution >= 4 is 34.8 Å². The third-order valence-electron chi connectivity index (χ3n) is 3.74. The van der Waals surface area contributed by atoms with Crippen molar-refractivity contribution in [2.75, 3.05) is 31.0 Å². The lowest BCUT2D eigenvalue weighted by molar-refractivity contribution is -0.117. The fraction of sp³-hybridized carbons (Fsp3) is 0.263. The number of nitrogens with one attached hydrogen (secondary N) is 1. The predicted molar refractivity (Wildman–Crippen MR) is 102 cm³/mol. The van der Waals surface area contributed by atoms with Gasteiger partial charge in [0.1, 0.15) is 11.5 Å². The third kappa shape index (κ3) is 4.89. The van der Waals surface area contributed by atoms with Crippen molar-refractivity contribution in [1.29, 1.82) is 0 Å². The molecule has 2 rings (SSSR count). The number of hydrogen-bond donors (Lipinski definition) is 1. The predicted octanol–water partition coefficient (Wildman–Crippen LogP) is 3.74. The molecule has 0 aromatic heterocycles. The van der Waals surface area contributed by atoms with Crippen molar-refractivity contribution < 1.29 is 19.1 Å². The maximum Gasteiger partial charge on any atom is 0.226 e. The highest BCUT2D eigenvalue weighted by molar-refractivity contribution is 6.32.